The highest BCUT2D eigenvalue weighted by Gasteiger charge is 2.36. The number of aliphatic hydroxyl groups is 1. The van der Waals surface area contributed by atoms with Gasteiger partial charge in [0.25, 0.3) is 0 Å². The van der Waals surface area contributed by atoms with Gasteiger partial charge in [-0.15, -0.1) is 0 Å². The van der Waals surface area contributed by atoms with Crippen molar-refractivity contribution in [2.75, 3.05) is 13.1 Å². The van der Waals surface area contributed by atoms with Gasteiger partial charge in [-0.1, -0.05) is 0 Å². The summed E-state index contributed by atoms with van der Waals surface area (Å²) in [5.41, 5.74) is -1.15. The molecule has 102 valence electrons. The summed E-state index contributed by atoms with van der Waals surface area (Å²) in [5, 5.41) is 18.9. The van der Waals surface area contributed by atoms with Crippen LogP contribution in [0.2, 0.25) is 0 Å². The van der Waals surface area contributed by atoms with E-state index in [1.807, 2.05) is 0 Å². The van der Waals surface area contributed by atoms with E-state index in [2.05, 4.69) is 4.98 Å². The van der Waals surface area contributed by atoms with Gasteiger partial charge < -0.3 is 5.11 Å². The molecule has 0 amide bonds. The number of hydrogen-bond acceptors (Lipinski definition) is 5. The van der Waals surface area contributed by atoms with E-state index < -0.39 is 15.6 Å². The molecule has 1 atom stereocenters. The van der Waals surface area contributed by atoms with Gasteiger partial charge in [-0.05, 0) is 31.9 Å². The van der Waals surface area contributed by atoms with Gasteiger partial charge in [-0.25, -0.2) is 13.4 Å². The Labute approximate surface area is 112 Å². The minimum Gasteiger partial charge on any atom is -0.389 e. The number of nitrogens with zero attached hydrogens (tertiary/aromatic N) is 3. The van der Waals surface area contributed by atoms with E-state index in [4.69, 9.17) is 5.26 Å². The minimum absolute atomic E-state index is 0.0368. The quantitative estimate of drug-likeness (QED) is 0.851. The molecule has 1 aliphatic heterocycles. The molecule has 7 heteroatoms. The van der Waals surface area contributed by atoms with E-state index in [-0.39, 0.29) is 17.1 Å². The van der Waals surface area contributed by atoms with Gasteiger partial charge in [0.1, 0.15) is 11.0 Å². The van der Waals surface area contributed by atoms with Crippen LogP contribution in [0.5, 0.6) is 0 Å². The molecule has 0 saturated carbocycles. The topological polar surface area (TPSA) is 94.3 Å². The van der Waals surface area contributed by atoms with Crippen molar-refractivity contribution >= 4 is 10.0 Å². The second-order valence-corrected chi connectivity index (χ2v) is 6.81. The Balaban J connectivity index is 2.40. The Hall–Kier alpha value is -1.49. The second kappa shape index (κ2) is 4.89. The number of rotatable bonds is 2. The summed E-state index contributed by atoms with van der Waals surface area (Å²) in [6, 6.07) is 4.63. The Bertz CT molecular complexity index is 619. The molecular formula is C12H15N3O3S. The lowest BCUT2D eigenvalue weighted by Gasteiger charge is -2.35. The molecule has 1 N–H and O–H groups in total. The van der Waals surface area contributed by atoms with E-state index in [0.29, 0.717) is 19.4 Å². The molecule has 19 heavy (non-hydrogen) atoms. The van der Waals surface area contributed by atoms with E-state index in [1.165, 1.54) is 22.6 Å². The summed E-state index contributed by atoms with van der Waals surface area (Å²) in [6.45, 7) is 2.00. The van der Waals surface area contributed by atoms with Crippen molar-refractivity contribution in [3.63, 3.8) is 0 Å². The molecule has 0 aliphatic carbocycles. The van der Waals surface area contributed by atoms with Crippen molar-refractivity contribution in [3.8, 4) is 6.07 Å². The SMILES string of the molecule is CC1(O)CCCN(S(=O)(=O)c2cccnc2C#N)C1. The maximum absolute atomic E-state index is 12.5. The molecule has 1 unspecified atom stereocenters. The van der Waals surface area contributed by atoms with Gasteiger partial charge in [0.15, 0.2) is 5.69 Å². The summed E-state index contributed by atoms with van der Waals surface area (Å²) in [5.74, 6) is 0. The number of piperidine rings is 1. The van der Waals surface area contributed by atoms with Crippen LogP contribution in [0.4, 0.5) is 0 Å². The Morgan fingerprint density at radius 3 is 2.95 bits per heavy atom. The van der Waals surface area contributed by atoms with Gasteiger partial charge >= 0.3 is 0 Å². The molecule has 1 saturated heterocycles. The van der Waals surface area contributed by atoms with Crippen LogP contribution in [0.25, 0.3) is 0 Å². The first-order chi connectivity index (χ1) is 8.87. The van der Waals surface area contributed by atoms with Gasteiger partial charge in [0.2, 0.25) is 10.0 Å². The third kappa shape index (κ3) is 2.76. The lowest BCUT2D eigenvalue weighted by atomic mass is 9.97. The van der Waals surface area contributed by atoms with Crippen LogP contribution >= 0.6 is 0 Å². The van der Waals surface area contributed by atoms with Crippen LogP contribution in [0.1, 0.15) is 25.5 Å². The van der Waals surface area contributed by atoms with Crippen molar-refractivity contribution in [2.24, 2.45) is 0 Å². The molecule has 1 aromatic heterocycles. The van der Waals surface area contributed by atoms with E-state index in [1.54, 1.807) is 13.0 Å². The number of nitriles is 1. The lowest BCUT2D eigenvalue weighted by Crippen LogP contribution is -2.48. The zero-order valence-electron chi connectivity index (χ0n) is 10.6. The first-order valence-electron chi connectivity index (χ1n) is 5.94. The van der Waals surface area contributed by atoms with Gasteiger partial charge in [0, 0.05) is 19.3 Å². The smallest absolute Gasteiger partial charge is 0.246 e. The standard InChI is InChI=1S/C12H15N3O3S/c1-12(16)5-3-7-15(9-12)19(17,18)11-4-2-6-14-10(11)8-13/h2,4,6,16H,3,5,7,9H2,1H3. The minimum atomic E-state index is -3.79. The number of hydrogen-bond donors (Lipinski definition) is 1. The molecule has 1 aliphatic rings. The average molecular weight is 281 g/mol. The van der Waals surface area contributed by atoms with Crippen LogP contribution in [-0.2, 0) is 10.0 Å². The molecule has 1 fully saturated rings. The summed E-state index contributed by atoms with van der Waals surface area (Å²) >= 11 is 0. The highest BCUT2D eigenvalue weighted by Crippen LogP contribution is 2.26. The average Bonchev–Trinajstić information content (AvgIpc) is 2.37. The molecule has 0 bridgehead atoms. The lowest BCUT2D eigenvalue weighted by molar-refractivity contribution is 0.00939. The first kappa shape index (κ1) is 13.9. The molecule has 1 aromatic rings. The Morgan fingerprint density at radius 2 is 2.32 bits per heavy atom. The first-order valence-corrected chi connectivity index (χ1v) is 7.38. The fraction of sp³-hybridized carbons (Fsp3) is 0.500. The fourth-order valence-corrected chi connectivity index (χ4v) is 3.89. The zero-order chi connectivity index (χ0) is 14.1. The molecule has 6 nitrogen and oxygen atoms in total. The number of aromatic nitrogens is 1. The third-order valence-corrected chi connectivity index (χ3v) is 5.01. The fourth-order valence-electron chi connectivity index (χ4n) is 2.20. The molecule has 2 heterocycles. The summed E-state index contributed by atoms with van der Waals surface area (Å²) in [4.78, 5) is 3.66. The molecule has 0 aromatic carbocycles. The number of pyridine rings is 1. The van der Waals surface area contributed by atoms with E-state index in [0.717, 1.165) is 0 Å². The van der Waals surface area contributed by atoms with Crippen molar-refractivity contribution in [1.82, 2.24) is 9.29 Å². The van der Waals surface area contributed by atoms with Crippen LogP contribution < -0.4 is 0 Å². The number of β-amino-alcohol motifs (C(OH)–C–C–N with tert-alkyl or cyclic N) is 1. The van der Waals surface area contributed by atoms with Crippen LogP contribution in [0.3, 0.4) is 0 Å². The van der Waals surface area contributed by atoms with Gasteiger partial charge in [-0.3, -0.25) is 0 Å². The normalized spacial score (nSPS) is 24.9. The second-order valence-electron chi connectivity index (χ2n) is 4.90. The Morgan fingerprint density at radius 1 is 1.58 bits per heavy atom. The molecule has 0 radical (unpaired) electrons. The summed E-state index contributed by atoms with van der Waals surface area (Å²) in [7, 11) is -3.79. The maximum atomic E-state index is 12.5. The molecular weight excluding hydrogens is 266 g/mol. The number of sulfonamides is 1. The van der Waals surface area contributed by atoms with Crippen molar-refractivity contribution in [2.45, 2.75) is 30.3 Å². The highest BCUT2D eigenvalue weighted by molar-refractivity contribution is 7.89. The van der Waals surface area contributed by atoms with Crippen LogP contribution in [0, 0.1) is 11.3 Å². The van der Waals surface area contributed by atoms with Crippen molar-refractivity contribution in [1.29, 1.82) is 5.26 Å². The van der Waals surface area contributed by atoms with E-state index in [9.17, 15) is 13.5 Å². The largest absolute Gasteiger partial charge is 0.389 e. The molecule has 0 spiro atoms. The summed E-state index contributed by atoms with van der Waals surface area (Å²) < 4.78 is 26.2. The highest BCUT2D eigenvalue weighted by atomic mass is 32.2. The molecule has 2 rings (SSSR count). The predicted octanol–water partition coefficient (Wildman–Crippen LogP) is 0.489. The Kier molecular flexibility index (Phi) is 3.58. The van der Waals surface area contributed by atoms with Crippen LogP contribution in [0.15, 0.2) is 23.2 Å². The van der Waals surface area contributed by atoms with Crippen molar-refractivity contribution in [3.05, 3.63) is 24.0 Å². The van der Waals surface area contributed by atoms with Crippen LogP contribution in [-0.4, -0.2) is 41.5 Å². The van der Waals surface area contributed by atoms with Crippen molar-refractivity contribution < 1.29 is 13.5 Å². The van der Waals surface area contributed by atoms with Gasteiger partial charge in [-0.2, -0.15) is 9.57 Å². The maximum Gasteiger partial charge on any atom is 0.246 e. The van der Waals surface area contributed by atoms with E-state index >= 15 is 0 Å². The van der Waals surface area contributed by atoms with Gasteiger partial charge in [0.05, 0.1) is 5.60 Å². The zero-order valence-corrected chi connectivity index (χ0v) is 11.4. The third-order valence-electron chi connectivity index (χ3n) is 3.13. The summed E-state index contributed by atoms with van der Waals surface area (Å²) in [6.07, 6.45) is 2.54. The predicted molar refractivity (Wildman–Crippen MR) is 67.6 cm³/mol. The monoisotopic (exact) mass is 281 g/mol.